The molecule has 1 aliphatic rings. The van der Waals surface area contributed by atoms with E-state index in [0.717, 1.165) is 6.54 Å². The fourth-order valence-corrected chi connectivity index (χ4v) is 1.18. The standard InChI is InChI=1S/C8H15NO/c1-8(2,3)9-6-4-5-7(9)10/h4-5,7,10H,6H2,1-3H3. The van der Waals surface area contributed by atoms with Gasteiger partial charge in [-0.05, 0) is 26.8 Å². The van der Waals surface area contributed by atoms with Crippen molar-refractivity contribution in [2.45, 2.75) is 32.5 Å². The Bertz CT molecular complexity index is 146. The molecule has 1 aliphatic heterocycles. The average Bonchev–Trinajstić information content (AvgIpc) is 2.11. The van der Waals surface area contributed by atoms with Crippen molar-refractivity contribution >= 4 is 0 Å². The third-order valence-corrected chi connectivity index (χ3v) is 1.79. The van der Waals surface area contributed by atoms with Gasteiger partial charge in [0.2, 0.25) is 0 Å². The highest BCUT2D eigenvalue weighted by Crippen LogP contribution is 2.19. The van der Waals surface area contributed by atoms with Crippen LogP contribution in [0.25, 0.3) is 0 Å². The summed E-state index contributed by atoms with van der Waals surface area (Å²) in [5, 5.41) is 9.36. The zero-order valence-corrected chi connectivity index (χ0v) is 6.83. The van der Waals surface area contributed by atoms with Crippen LogP contribution in [0.4, 0.5) is 0 Å². The molecular formula is C8H15NO. The van der Waals surface area contributed by atoms with Gasteiger partial charge in [0.25, 0.3) is 0 Å². The van der Waals surface area contributed by atoms with Crippen molar-refractivity contribution in [1.82, 2.24) is 4.90 Å². The van der Waals surface area contributed by atoms with Crippen LogP contribution in [0.15, 0.2) is 12.2 Å². The summed E-state index contributed by atoms with van der Waals surface area (Å²) in [5.41, 5.74) is 0.0723. The van der Waals surface area contributed by atoms with E-state index in [2.05, 4.69) is 20.8 Å². The van der Waals surface area contributed by atoms with E-state index in [1.165, 1.54) is 0 Å². The molecule has 2 heteroatoms. The summed E-state index contributed by atoms with van der Waals surface area (Å²) in [4.78, 5) is 2.03. The predicted octanol–water partition coefficient (Wildman–Crippen LogP) is 0.975. The van der Waals surface area contributed by atoms with E-state index < -0.39 is 0 Å². The van der Waals surface area contributed by atoms with E-state index in [0.29, 0.717) is 0 Å². The Kier molecular flexibility index (Phi) is 1.84. The smallest absolute Gasteiger partial charge is 0.127 e. The van der Waals surface area contributed by atoms with Crippen LogP contribution in [-0.2, 0) is 0 Å². The highest BCUT2D eigenvalue weighted by molar-refractivity contribution is 5.02. The van der Waals surface area contributed by atoms with E-state index in [1.54, 1.807) is 0 Å². The predicted molar refractivity (Wildman–Crippen MR) is 41.6 cm³/mol. The Morgan fingerprint density at radius 3 is 2.30 bits per heavy atom. The quantitative estimate of drug-likeness (QED) is 0.508. The summed E-state index contributed by atoms with van der Waals surface area (Å²) in [7, 11) is 0. The SMILES string of the molecule is CC(C)(C)N1CC=CC1O. The first-order chi connectivity index (χ1) is 4.52. The topological polar surface area (TPSA) is 23.5 Å². The van der Waals surface area contributed by atoms with Gasteiger partial charge in [0, 0.05) is 12.1 Å². The summed E-state index contributed by atoms with van der Waals surface area (Å²) in [6, 6.07) is 0. The van der Waals surface area contributed by atoms with Crippen LogP contribution in [0, 0.1) is 0 Å². The van der Waals surface area contributed by atoms with Gasteiger partial charge in [-0.2, -0.15) is 0 Å². The molecule has 0 amide bonds. The van der Waals surface area contributed by atoms with Crippen LogP contribution in [0.1, 0.15) is 20.8 Å². The molecule has 10 heavy (non-hydrogen) atoms. The third-order valence-electron chi connectivity index (χ3n) is 1.79. The van der Waals surface area contributed by atoms with Crippen LogP contribution in [0.5, 0.6) is 0 Å². The summed E-state index contributed by atoms with van der Waals surface area (Å²) in [5.74, 6) is 0. The molecule has 0 saturated heterocycles. The zero-order chi connectivity index (χ0) is 7.78. The second-order valence-electron chi connectivity index (χ2n) is 3.66. The first-order valence-corrected chi connectivity index (χ1v) is 3.63. The largest absolute Gasteiger partial charge is 0.375 e. The Labute approximate surface area is 62.2 Å². The van der Waals surface area contributed by atoms with Crippen LogP contribution < -0.4 is 0 Å². The lowest BCUT2D eigenvalue weighted by molar-refractivity contribution is 0.000882. The van der Waals surface area contributed by atoms with Gasteiger partial charge in [-0.15, -0.1) is 0 Å². The number of nitrogens with zero attached hydrogens (tertiary/aromatic N) is 1. The van der Waals surface area contributed by atoms with Crippen LogP contribution in [0.2, 0.25) is 0 Å². The Balaban J connectivity index is 2.60. The minimum absolute atomic E-state index is 0.0723. The highest BCUT2D eigenvalue weighted by atomic mass is 16.3. The highest BCUT2D eigenvalue weighted by Gasteiger charge is 2.27. The summed E-state index contributed by atoms with van der Waals surface area (Å²) in [6.07, 6.45) is 3.45. The summed E-state index contributed by atoms with van der Waals surface area (Å²) >= 11 is 0. The van der Waals surface area contributed by atoms with Gasteiger partial charge >= 0.3 is 0 Å². The second-order valence-corrected chi connectivity index (χ2v) is 3.66. The van der Waals surface area contributed by atoms with Crippen molar-refractivity contribution in [2.24, 2.45) is 0 Å². The molecule has 0 spiro atoms. The monoisotopic (exact) mass is 141 g/mol. The van der Waals surface area contributed by atoms with Crippen molar-refractivity contribution in [3.63, 3.8) is 0 Å². The van der Waals surface area contributed by atoms with Gasteiger partial charge in [-0.25, -0.2) is 0 Å². The molecule has 0 radical (unpaired) electrons. The van der Waals surface area contributed by atoms with Gasteiger partial charge in [0.15, 0.2) is 0 Å². The fraction of sp³-hybridized carbons (Fsp3) is 0.750. The second kappa shape index (κ2) is 2.36. The van der Waals surface area contributed by atoms with Crippen LogP contribution >= 0.6 is 0 Å². The molecule has 0 aromatic rings. The fourth-order valence-electron chi connectivity index (χ4n) is 1.18. The van der Waals surface area contributed by atoms with Gasteiger partial charge < -0.3 is 5.11 Å². The molecule has 0 aliphatic carbocycles. The molecule has 0 aromatic heterocycles. The van der Waals surface area contributed by atoms with Crippen molar-refractivity contribution in [3.8, 4) is 0 Å². The Hall–Kier alpha value is -0.340. The van der Waals surface area contributed by atoms with Crippen LogP contribution in [-0.4, -0.2) is 28.3 Å². The van der Waals surface area contributed by atoms with Crippen molar-refractivity contribution in [1.29, 1.82) is 0 Å². The van der Waals surface area contributed by atoms with Crippen molar-refractivity contribution < 1.29 is 5.11 Å². The van der Waals surface area contributed by atoms with E-state index in [1.807, 2.05) is 17.1 Å². The number of aliphatic hydroxyl groups is 1. The van der Waals surface area contributed by atoms with Gasteiger partial charge in [0.05, 0.1) is 0 Å². The lowest BCUT2D eigenvalue weighted by Gasteiger charge is -2.34. The summed E-state index contributed by atoms with van der Waals surface area (Å²) < 4.78 is 0. The molecular weight excluding hydrogens is 126 g/mol. The molecule has 2 nitrogen and oxygen atoms in total. The Morgan fingerprint density at radius 1 is 1.50 bits per heavy atom. The van der Waals surface area contributed by atoms with E-state index in [9.17, 15) is 5.11 Å². The maximum atomic E-state index is 9.36. The molecule has 1 heterocycles. The third kappa shape index (κ3) is 1.39. The van der Waals surface area contributed by atoms with Gasteiger partial charge in [0.1, 0.15) is 6.23 Å². The molecule has 1 atom stereocenters. The van der Waals surface area contributed by atoms with Crippen molar-refractivity contribution in [3.05, 3.63) is 12.2 Å². The van der Waals surface area contributed by atoms with Crippen LogP contribution in [0.3, 0.4) is 0 Å². The normalized spacial score (nSPS) is 27.8. The Morgan fingerprint density at radius 2 is 2.10 bits per heavy atom. The number of aliphatic hydroxyl groups excluding tert-OH is 1. The number of rotatable bonds is 0. The molecule has 0 fully saturated rings. The van der Waals surface area contributed by atoms with E-state index in [-0.39, 0.29) is 11.8 Å². The van der Waals surface area contributed by atoms with E-state index >= 15 is 0 Å². The molecule has 1 N–H and O–H groups in total. The zero-order valence-electron chi connectivity index (χ0n) is 6.83. The molecule has 1 unspecified atom stereocenters. The molecule has 0 saturated carbocycles. The van der Waals surface area contributed by atoms with E-state index in [4.69, 9.17) is 0 Å². The van der Waals surface area contributed by atoms with Gasteiger partial charge in [-0.3, -0.25) is 4.90 Å². The van der Waals surface area contributed by atoms with Crippen molar-refractivity contribution in [2.75, 3.05) is 6.54 Å². The molecule has 1 rings (SSSR count). The molecule has 0 bridgehead atoms. The maximum absolute atomic E-state index is 9.36. The minimum atomic E-state index is -0.375. The maximum Gasteiger partial charge on any atom is 0.127 e. The van der Waals surface area contributed by atoms with Gasteiger partial charge in [-0.1, -0.05) is 6.08 Å². The average molecular weight is 141 g/mol. The minimum Gasteiger partial charge on any atom is -0.375 e. The number of hydrogen-bond acceptors (Lipinski definition) is 2. The first kappa shape index (κ1) is 7.76. The molecule has 58 valence electrons. The lowest BCUT2D eigenvalue weighted by Crippen LogP contribution is -2.44. The summed E-state index contributed by atoms with van der Waals surface area (Å²) in [6.45, 7) is 7.17. The lowest BCUT2D eigenvalue weighted by atomic mass is 10.1. The molecule has 0 aromatic carbocycles. The first-order valence-electron chi connectivity index (χ1n) is 3.63. The number of hydrogen-bond donors (Lipinski definition) is 1.